The Hall–Kier alpha value is -1.63. The van der Waals surface area contributed by atoms with Crippen LogP contribution in [0.3, 0.4) is 0 Å². The van der Waals surface area contributed by atoms with Crippen molar-refractivity contribution in [2.75, 3.05) is 0 Å². The molecule has 1 aliphatic rings. The van der Waals surface area contributed by atoms with E-state index in [0.29, 0.717) is 18.0 Å². The molecule has 0 aromatic carbocycles. The highest BCUT2D eigenvalue weighted by Crippen LogP contribution is 2.37. The lowest BCUT2D eigenvalue weighted by atomic mass is 9.79. The molecule has 1 aromatic rings. The van der Waals surface area contributed by atoms with E-state index in [4.69, 9.17) is 0 Å². The summed E-state index contributed by atoms with van der Waals surface area (Å²) in [6.07, 6.45) is 0.995. The molecule has 0 fully saturated rings. The average molecular weight is 266 g/mol. The summed E-state index contributed by atoms with van der Waals surface area (Å²) in [5.41, 5.74) is -0.390. The minimum atomic E-state index is -0.431. The molecular weight excluding hydrogens is 252 g/mol. The van der Waals surface area contributed by atoms with Crippen LogP contribution in [0.5, 0.6) is 0 Å². The van der Waals surface area contributed by atoms with Gasteiger partial charge in [-0.05, 0) is 13.3 Å². The van der Waals surface area contributed by atoms with Crippen molar-refractivity contribution < 1.29 is 9.90 Å². The van der Waals surface area contributed by atoms with Gasteiger partial charge in [-0.15, -0.1) is 20.4 Å². The summed E-state index contributed by atoms with van der Waals surface area (Å²) in [5.74, 6) is -0.180. The largest absolute Gasteiger partial charge is 0.509 e. The number of hydrogen-bond donors (Lipinski definition) is 1. The molecule has 7 heteroatoms. The lowest BCUT2D eigenvalue weighted by Gasteiger charge is -2.28. The van der Waals surface area contributed by atoms with Crippen LogP contribution < -0.4 is 0 Å². The topological polar surface area (TPSA) is 87.8 Å². The van der Waals surface area contributed by atoms with Crippen molar-refractivity contribution in [3.63, 3.8) is 0 Å². The van der Waals surface area contributed by atoms with Gasteiger partial charge in [-0.1, -0.05) is 25.2 Å². The van der Waals surface area contributed by atoms with Gasteiger partial charge >= 0.3 is 0 Å². The first-order valence-corrected chi connectivity index (χ1v) is 6.40. The minimum absolute atomic E-state index is 0.00346. The molecule has 18 heavy (non-hydrogen) atoms. The summed E-state index contributed by atoms with van der Waals surface area (Å²) >= 11 is 1.28. The van der Waals surface area contributed by atoms with Crippen molar-refractivity contribution >= 4 is 22.3 Å². The van der Waals surface area contributed by atoms with E-state index in [0.717, 1.165) is 5.01 Å². The molecule has 6 nitrogen and oxygen atoms in total. The van der Waals surface area contributed by atoms with Gasteiger partial charge in [0.25, 0.3) is 5.13 Å². The maximum atomic E-state index is 11.7. The quantitative estimate of drug-likeness (QED) is 0.833. The number of aliphatic hydroxyl groups excluding tert-OH is 1. The number of carbonyl (C=O) groups excluding carboxylic acids is 1. The second-order valence-electron chi connectivity index (χ2n) is 4.81. The van der Waals surface area contributed by atoms with E-state index in [2.05, 4.69) is 20.4 Å². The highest BCUT2D eigenvalue weighted by molar-refractivity contribution is 7.14. The predicted octanol–water partition coefficient (Wildman–Crippen LogP) is 3.09. The van der Waals surface area contributed by atoms with E-state index in [1.165, 1.54) is 11.3 Å². The molecule has 0 unspecified atom stereocenters. The maximum Gasteiger partial charge on any atom is 0.251 e. The molecule has 0 spiro atoms. The summed E-state index contributed by atoms with van der Waals surface area (Å²) in [4.78, 5) is 11.7. The van der Waals surface area contributed by atoms with Crippen molar-refractivity contribution in [2.24, 2.45) is 15.6 Å². The summed E-state index contributed by atoms with van der Waals surface area (Å²) in [6, 6.07) is 0. The number of allylic oxidation sites excluding steroid dienone is 2. The van der Waals surface area contributed by atoms with Gasteiger partial charge in [0.1, 0.15) is 10.8 Å². The zero-order valence-corrected chi connectivity index (χ0v) is 11.3. The fourth-order valence-corrected chi connectivity index (χ4v) is 2.15. The third-order valence-electron chi connectivity index (χ3n) is 2.86. The average Bonchev–Trinajstić information content (AvgIpc) is 2.71. The van der Waals surface area contributed by atoms with Gasteiger partial charge < -0.3 is 5.11 Å². The molecular formula is C11H14N4O2S. The van der Waals surface area contributed by atoms with Crippen molar-refractivity contribution in [1.29, 1.82) is 0 Å². The minimum Gasteiger partial charge on any atom is -0.509 e. The Morgan fingerprint density at radius 2 is 2.06 bits per heavy atom. The van der Waals surface area contributed by atoms with Gasteiger partial charge in [-0.25, -0.2) is 0 Å². The number of Topliss-reactive ketones (excluding diaryl/α,β-unsaturated/α-hetero) is 1. The number of carbonyl (C=O) groups is 1. The van der Waals surface area contributed by atoms with Gasteiger partial charge in [0.05, 0.1) is 0 Å². The van der Waals surface area contributed by atoms with Crippen molar-refractivity contribution in [1.82, 2.24) is 10.2 Å². The van der Waals surface area contributed by atoms with E-state index >= 15 is 0 Å². The van der Waals surface area contributed by atoms with Gasteiger partial charge in [0.15, 0.2) is 11.5 Å². The summed E-state index contributed by atoms with van der Waals surface area (Å²) in [7, 11) is 0. The molecule has 0 saturated carbocycles. The lowest BCUT2D eigenvalue weighted by molar-refractivity contribution is -0.117. The normalized spacial score (nSPS) is 19.8. The van der Waals surface area contributed by atoms with Gasteiger partial charge in [0.2, 0.25) is 0 Å². The Morgan fingerprint density at radius 1 is 1.33 bits per heavy atom. The number of hydrogen-bond acceptors (Lipinski definition) is 7. The molecule has 0 saturated heterocycles. The highest BCUT2D eigenvalue weighted by atomic mass is 32.1. The second kappa shape index (κ2) is 4.56. The maximum absolute atomic E-state index is 11.7. The van der Waals surface area contributed by atoms with Crippen LogP contribution >= 0.6 is 11.3 Å². The third-order valence-corrected chi connectivity index (χ3v) is 3.58. The fourth-order valence-electron chi connectivity index (χ4n) is 1.64. The van der Waals surface area contributed by atoms with E-state index in [-0.39, 0.29) is 17.2 Å². The standard InChI is InChI=1S/C11H14N4O2S/c1-6-12-14-10(18-6)15-13-8-7(16)4-5-11(2,3)9(8)17/h17H,4-5H2,1-3H3. The predicted molar refractivity (Wildman–Crippen MR) is 66.8 cm³/mol. The lowest BCUT2D eigenvalue weighted by Crippen LogP contribution is -2.25. The van der Waals surface area contributed by atoms with Crippen LogP contribution in [0, 0.1) is 12.3 Å². The molecule has 1 N–H and O–H groups in total. The molecule has 0 radical (unpaired) electrons. The smallest absolute Gasteiger partial charge is 0.251 e. The molecule has 0 aliphatic heterocycles. The molecule has 1 aromatic heterocycles. The van der Waals surface area contributed by atoms with Crippen molar-refractivity contribution in [3.8, 4) is 0 Å². The SMILES string of the molecule is Cc1nnc(N=NC2=C(O)C(C)(C)CCC2=O)s1. The molecule has 1 aliphatic carbocycles. The highest BCUT2D eigenvalue weighted by Gasteiger charge is 2.34. The molecule has 2 rings (SSSR count). The van der Waals surface area contributed by atoms with Crippen LogP contribution in [0.15, 0.2) is 21.7 Å². The van der Waals surface area contributed by atoms with Gasteiger partial charge in [-0.3, -0.25) is 4.79 Å². The number of aryl methyl sites for hydroxylation is 1. The van der Waals surface area contributed by atoms with Crippen LogP contribution in [0.1, 0.15) is 31.7 Å². The van der Waals surface area contributed by atoms with Gasteiger partial charge in [0, 0.05) is 11.8 Å². The number of rotatable bonds is 2. The van der Waals surface area contributed by atoms with Crippen molar-refractivity contribution in [2.45, 2.75) is 33.6 Å². The number of aromatic nitrogens is 2. The van der Waals surface area contributed by atoms with Crippen molar-refractivity contribution in [3.05, 3.63) is 16.5 Å². The summed E-state index contributed by atoms with van der Waals surface area (Å²) in [6.45, 7) is 5.56. The van der Waals surface area contributed by atoms with E-state index < -0.39 is 5.41 Å². The summed E-state index contributed by atoms with van der Waals surface area (Å²) in [5, 5.41) is 26.4. The Morgan fingerprint density at radius 3 is 2.67 bits per heavy atom. The third kappa shape index (κ3) is 2.45. The Kier molecular flexibility index (Phi) is 3.25. The van der Waals surface area contributed by atoms with E-state index in [1.54, 1.807) is 0 Å². The Labute approximate surface area is 108 Å². The summed E-state index contributed by atoms with van der Waals surface area (Å²) < 4.78 is 0. The molecule has 0 amide bonds. The number of azo groups is 1. The Bertz CT molecular complexity index is 545. The number of nitrogens with zero attached hydrogens (tertiary/aromatic N) is 4. The van der Waals surface area contributed by atoms with E-state index in [1.807, 2.05) is 20.8 Å². The monoisotopic (exact) mass is 266 g/mol. The fraction of sp³-hybridized carbons (Fsp3) is 0.545. The van der Waals surface area contributed by atoms with Crippen LogP contribution in [-0.4, -0.2) is 21.1 Å². The van der Waals surface area contributed by atoms with Crippen LogP contribution in [0.2, 0.25) is 0 Å². The molecule has 96 valence electrons. The first-order valence-electron chi connectivity index (χ1n) is 5.59. The zero-order valence-electron chi connectivity index (χ0n) is 10.5. The van der Waals surface area contributed by atoms with Crippen LogP contribution in [0.25, 0.3) is 0 Å². The van der Waals surface area contributed by atoms with Crippen LogP contribution in [-0.2, 0) is 4.79 Å². The Balaban J connectivity index is 2.31. The zero-order chi connectivity index (χ0) is 13.3. The molecule has 0 atom stereocenters. The van der Waals surface area contributed by atoms with Crippen LogP contribution in [0.4, 0.5) is 5.13 Å². The number of aliphatic hydroxyl groups is 1. The first kappa shape index (κ1) is 12.8. The molecule has 0 bridgehead atoms. The molecule has 1 heterocycles. The first-order chi connectivity index (χ1) is 8.40. The van der Waals surface area contributed by atoms with Gasteiger partial charge in [-0.2, -0.15) is 0 Å². The number of ketones is 1. The van der Waals surface area contributed by atoms with E-state index in [9.17, 15) is 9.90 Å². The second-order valence-corrected chi connectivity index (χ2v) is 5.97.